The minimum Gasteiger partial charge on any atom is -0.508 e. The van der Waals surface area contributed by atoms with Crippen molar-refractivity contribution in [2.75, 3.05) is 26.2 Å². The highest BCUT2D eigenvalue weighted by Gasteiger charge is 2.45. The molecule has 1 unspecified atom stereocenters. The molecule has 3 saturated heterocycles. The number of phenols is 1. The number of rotatable bonds is 25. The van der Waals surface area contributed by atoms with Crippen LogP contribution in [0.3, 0.4) is 0 Å². The molecular formula is C69H95N17O16. The molecule has 4 aromatic rings. The summed E-state index contributed by atoms with van der Waals surface area (Å²) in [5.74, 6) is -11.1. The first-order valence-electron chi connectivity index (χ1n) is 34.4. The first-order chi connectivity index (χ1) is 48.8. The van der Waals surface area contributed by atoms with Crippen molar-refractivity contribution in [1.29, 1.82) is 0 Å². The monoisotopic (exact) mass is 1420 g/mol. The number of unbranched alkanes of at least 4 members (excludes halogenated alkanes) is 1. The number of guanidine groups is 1. The molecule has 3 aliphatic rings. The third-order valence-corrected chi connectivity index (χ3v) is 17.9. The van der Waals surface area contributed by atoms with E-state index in [1.807, 2.05) is 25.1 Å². The lowest BCUT2D eigenvalue weighted by Gasteiger charge is -2.32. The van der Waals surface area contributed by atoms with Crippen LogP contribution in [0.15, 0.2) is 90.1 Å². The summed E-state index contributed by atoms with van der Waals surface area (Å²) in [4.78, 5) is 198. The molecule has 0 radical (unpaired) electrons. The van der Waals surface area contributed by atoms with Crippen LogP contribution in [0.5, 0.6) is 5.75 Å². The zero-order chi connectivity index (χ0) is 74.0. The number of para-hydroxylation sites is 1. The van der Waals surface area contributed by atoms with E-state index in [-0.39, 0.29) is 115 Å². The van der Waals surface area contributed by atoms with Crippen LogP contribution in [0.1, 0.15) is 127 Å². The number of aliphatic imine (C=N–C) groups is 1. The van der Waals surface area contributed by atoms with Crippen LogP contribution in [0, 0.1) is 0 Å². The maximum absolute atomic E-state index is 15.2. The van der Waals surface area contributed by atoms with Crippen LogP contribution in [0.4, 0.5) is 0 Å². The Bertz CT molecular complexity index is 3640. The molecule has 3 aliphatic heterocycles. The number of amides is 12. The summed E-state index contributed by atoms with van der Waals surface area (Å²) in [6, 6.07) is 7.50. The van der Waals surface area contributed by atoms with Gasteiger partial charge in [0.05, 0.1) is 6.10 Å². The lowest BCUT2D eigenvalue weighted by atomic mass is 10.0. The molecule has 102 heavy (non-hydrogen) atoms. The summed E-state index contributed by atoms with van der Waals surface area (Å²) in [6.07, 6.45) is -0.240. The van der Waals surface area contributed by atoms with Crippen molar-refractivity contribution >= 4 is 93.7 Å². The molecule has 3 fully saturated rings. The fraction of sp³-hybridized carbons (Fsp3) is 0.507. The molecule has 3 aromatic carbocycles. The zero-order valence-electron chi connectivity index (χ0n) is 57.3. The molecule has 552 valence electrons. The molecule has 0 bridgehead atoms. The smallest absolute Gasteiger partial charge is 0.324 e. The number of primary amides is 2. The summed E-state index contributed by atoms with van der Waals surface area (Å²) >= 11 is 0. The summed E-state index contributed by atoms with van der Waals surface area (Å²) in [5.41, 5.74) is 27.4. The number of benzene rings is 3. The normalized spacial score (nSPS) is 22.3. The van der Waals surface area contributed by atoms with Gasteiger partial charge in [0.25, 0.3) is 0 Å². The maximum atomic E-state index is 15.2. The molecular weight excluding hydrogens is 1320 g/mol. The van der Waals surface area contributed by atoms with Crippen LogP contribution >= 0.6 is 0 Å². The van der Waals surface area contributed by atoms with Gasteiger partial charge in [-0.3, -0.25) is 67.3 Å². The van der Waals surface area contributed by atoms with Gasteiger partial charge in [-0.2, -0.15) is 5.48 Å². The minimum atomic E-state index is -1.67. The quantitative estimate of drug-likeness (QED) is 0.0189. The molecule has 7 rings (SSSR count). The van der Waals surface area contributed by atoms with E-state index in [1.54, 1.807) is 42.6 Å². The number of nitrogens with zero attached hydrogens (tertiary/aromatic N) is 3. The third-order valence-electron chi connectivity index (χ3n) is 17.9. The number of nitrogens with one attached hydrogen (secondary N) is 10. The topological polar surface area (TPSA) is 519 Å². The van der Waals surface area contributed by atoms with Crippen LogP contribution in [-0.4, -0.2) is 201 Å². The predicted octanol–water partition coefficient (Wildman–Crippen LogP) is -2.24. The lowest BCUT2D eigenvalue weighted by molar-refractivity contribution is -0.152. The van der Waals surface area contributed by atoms with E-state index >= 15 is 4.79 Å². The Morgan fingerprint density at radius 2 is 1.38 bits per heavy atom. The molecule has 0 spiro atoms. The Morgan fingerprint density at radius 3 is 2.09 bits per heavy atom. The summed E-state index contributed by atoms with van der Waals surface area (Å²) < 4.78 is 0. The lowest BCUT2D eigenvalue weighted by Crippen LogP contribution is -2.60. The Kier molecular flexibility index (Phi) is 29.9. The predicted molar refractivity (Wildman–Crippen MR) is 370 cm³/mol. The number of nitrogens with two attached hydrogens (primary N) is 4. The van der Waals surface area contributed by atoms with E-state index < -0.39 is 163 Å². The molecule has 11 atom stereocenters. The Labute approximate surface area is 589 Å². The first kappa shape index (κ1) is 78.6. The van der Waals surface area contributed by atoms with Crippen molar-refractivity contribution in [1.82, 2.24) is 62.8 Å². The van der Waals surface area contributed by atoms with Crippen LogP contribution in [-0.2, 0) is 86.4 Å². The number of hydrogen-bond donors (Lipinski definition) is 16. The molecule has 1 aromatic heterocycles. The molecule has 0 saturated carbocycles. The van der Waals surface area contributed by atoms with Gasteiger partial charge in [-0.15, -0.1) is 0 Å². The van der Waals surface area contributed by atoms with Crippen molar-refractivity contribution in [3.63, 3.8) is 0 Å². The average Bonchev–Trinajstić information content (AvgIpc) is 1.63. The Morgan fingerprint density at radius 1 is 0.706 bits per heavy atom. The number of fused-ring (bicyclic) bond motifs is 2. The molecule has 4 heterocycles. The van der Waals surface area contributed by atoms with E-state index in [0.717, 1.165) is 22.7 Å². The van der Waals surface area contributed by atoms with E-state index in [9.17, 15) is 67.7 Å². The second-order valence-corrected chi connectivity index (χ2v) is 25.8. The number of hydroxylamine groups is 1. The molecule has 33 heteroatoms. The third kappa shape index (κ3) is 23.7. The van der Waals surface area contributed by atoms with Gasteiger partial charge < -0.3 is 95.3 Å². The highest BCUT2D eigenvalue weighted by Crippen LogP contribution is 2.25. The van der Waals surface area contributed by atoms with Crippen molar-refractivity contribution in [2.24, 2.45) is 27.9 Å². The van der Waals surface area contributed by atoms with Crippen molar-refractivity contribution in [3.05, 3.63) is 102 Å². The van der Waals surface area contributed by atoms with E-state index in [4.69, 9.17) is 27.8 Å². The number of likely N-dealkylation sites (tertiary alicyclic amines) is 1. The number of hydrogen-bond acceptors (Lipinski definition) is 18. The van der Waals surface area contributed by atoms with E-state index in [1.165, 1.54) is 29.2 Å². The van der Waals surface area contributed by atoms with Crippen LogP contribution in [0.25, 0.3) is 10.9 Å². The maximum Gasteiger partial charge on any atom is 0.324 e. The molecule has 33 nitrogen and oxygen atoms in total. The second kappa shape index (κ2) is 38.8. The highest BCUT2D eigenvalue weighted by atomic mass is 16.7. The minimum absolute atomic E-state index is 0.00133. The molecule has 0 aliphatic carbocycles. The second-order valence-electron chi connectivity index (χ2n) is 25.8. The number of aliphatic hydroxyl groups is 1. The number of H-pyrrole nitrogens is 1. The van der Waals surface area contributed by atoms with Gasteiger partial charge in [-0.1, -0.05) is 80.4 Å². The van der Waals surface area contributed by atoms with Gasteiger partial charge in [0.15, 0.2) is 5.96 Å². The van der Waals surface area contributed by atoms with Gasteiger partial charge in [-0.25, -0.2) is 0 Å². The fourth-order valence-corrected chi connectivity index (χ4v) is 12.5. The number of aromatic amines is 1. The number of carbonyl (C=O) groups is 13. The molecule has 20 N–H and O–H groups in total. The number of aliphatic hydroxyl groups excluding tert-OH is 1. The fourth-order valence-electron chi connectivity index (χ4n) is 12.5. The van der Waals surface area contributed by atoms with Crippen molar-refractivity contribution < 1.29 is 77.4 Å². The Hall–Kier alpha value is -10.7. The number of aromatic hydroxyl groups is 1. The summed E-state index contributed by atoms with van der Waals surface area (Å²) in [5, 5.41) is 43.6. The van der Waals surface area contributed by atoms with Gasteiger partial charge in [0.1, 0.15) is 66.2 Å². The van der Waals surface area contributed by atoms with Gasteiger partial charge >= 0.3 is 5.97 Å². The van der Waals surface area contributed by atoms with Gasteiger partial charge in [0.2, 0.25) is 70.9 Å². The highest BCUT2D eigenvalue weighted by molar-refractivity contribution is 6.00. The SMILES string of the molecule is CCCC[C@H](NC(=O)[C@@H]1CCCN1C(=O)[C@H](Cc1ccc(O)cc1)NC(=O)[C@H](CCC(N)=O)NC(C)=O)C(=O)N[C@H]1CCC(=O)ONCCCC[C@@H](C(N)=O)NC(=O)[C@H](Cc2c[nH]c3ccccc23)NC(=O)[C@H](CCCN=C(N)N)NC(=O)[C@@H](Cc2ccccc2)NC(=O)[C@@H]2CC(O)CN2C1=O. The van der Waals surface area contributed by atoms with Gasteiger partial charge in [-0.05, 0) is 99.1 Å². The first-order valence-corrected chi connectivity index (χ1v) is 34.4. The van der Waals surface area contributed by atoms with E-state index in [2.05, 4.69) is 58.0 Å². The Balaban J connectivity index is 1.17. The largest absolute Gasteiger partial charge is 0.508 e. The average molecular weight is 1420 g/mol. The van der Waals surface area contributed by atoms with Crippen LogP contribution in [0.2, 0.25) is 0 Å². The van der Waals surface area contributed by atoms with E-state index in [0.29, 0.717) is 36.0 Å². The molecule has 12 amide bonds. The van der Waals surface area contributed by atoms with Gasteiger partial charge in [0, 0.05) is 88.7 Å². The van der Waals surface area contributed by atoms with Crippen molar-refractivity contribution in [3.8, 4) is 5.75 Å². The number of carbonyl (C=O) groups excluding carboxylic acids is 13. The van der Waals surface area contributed by atoms with Crippen LogP contribution < -0.4 is 70.9 Å². The zero-order valence-corrected chi connectivity index (χ0v) is 57.3. The summed E-state index contributed by atoms with van der Waals surface area (Å²) in [6.45, 7) is 2.58. The number of phenolic OH excluding ortho intramolecular Hbond substituents is 1. The number of aromatic nitrogens is 1. The summed E-state index contributed by atoms with van der Waals surface area (Å²) in [7, 11) is 0. The van der Waals surface area contributed by atoms with Crippen molar-refractivity contribution in [2.45, 2.75) is 196 Å². The standard InChI is InChI=1S/C69H95N17O16/c1-3-4-17-48(80-65(98)55-21-13-32-85(55)68(101)54(34-41-22-24-43(88)25-23-41)84-62(95)50(77-39(2)87)26-28-57(70)90)60(93)81-51-27-29-58(91)102-76-31-11-10-19-47(59(71)92)78-64(97)53(35-42-37-75-46-18-9-8-16-45(42)46)82-61(94)49(20-12-30-74-69(72)73)79-63(96)52(33-40-14-6-5-7-15-40)83-66(99)56-36-44(89)38-86(56)67(51)100/h5-9,14-16,18,22-25,37,44,47-56,75-76,88-89H,3-4,10-13,17,19-21,26-36,38H2,1-2H3,(H2,70,90)(H2,71,92)(H,77,87)(H,78,97)(H,79,96)(H,80,98)(H,81,93)(H,82,94)(H,83,99)(H,84,95)(H4,72,73,74)/t44?,47-,48-,49-,50-,51-,52+,53-,54-,55-,56-/m0/s1.